The number of ether oxygens (including phenoxy) is 3. The number of carbonyl (C=O) groups is 2. The third kappa shape index (κ3) is 6.96. The smallest absolute Gasteiger partial charge is 0.344 e. The van der Waals surface area contributed by atoms with E-state index >= 15 is 0 Å². The average Bonchev–Trinajstić information content (AvgIpc) is 3.23. The Hall–Kier alpha value is -3.53. The molecule has 10 heteroatoms. The molecule has 0 radical (unpaired) electrons. The number of aliphatic hydroxyl groups excluding tert-OH is 1. The second kappa shape index (κ2) is 13.7. The predicted molar refractivity (Wildman–Crippen MR) is 161 cm³/mol. The summed E-state index contributed by atoms with van der Waals surface area (Å²) in [6, 6.07) is 19.4. The number of rotatable bonds is 9. The fourth-order valence-corrected chi connectivity index (χ4v) is 5.50. The molecule has 4 rings (SSSR count). The zero-order valence-electron chi connectivity index (χ0n) is 21.6. The van der Waals surface area contributed by atoms with Gasteiger partial charge < -0.3 is 19.3 Å². The van der Waals surface area contributed by atoms with E-state index in [2.05, 4.69) is 20.9 Å². The van der Waals surface area contributed by atoms with Gasteiger partial charge in [-0.1, -0.05) is 59.8 Å². The molecule has 1 N–H and O–H groups in total. The van der Waals surface area contributed by atoms with E-state index in [1.165, 1.54) is 0 Å². The van der Waals surface area contributed by atoms with Crippen molar-refractivity contribution in [3.05, 3.63) is 109 Å². The number of aliphatic imine (C=N–C) groups is 1. The van der Waals surface area contributed by atoms with Crippen molar-refractivity contribution in [1.82, 2.24) is 0 Å². The van der Waals surface area contributed by atoms with Gasteiger partial charge in [-0.25, -0.2) is 9.79 Å². The van der Waals surface area contributed by atoms with Gasteiger partial charge >= 0.3 is 5.97 Å². The summed E-state index contributed by atoms with van der Waals surface area (Å²) in [7, 11) is 0. The zero-order valence-corrected chi connectivity index (χ0v) is 24.8. The highest BCUT2D eigenvalue weighted by Gasteiger charge is 2.34. The van der Waals surface area contributed by atoms with E-state index < -0.39 is 11.9 Å². The Morgan fingerprint density at radius 1 is 1.02 bits per heavy atom. The molecule has 40 heavy (non-hydrogen) atoms. The van der Waals surface area contributed by atoms with E-state index in [0.717, 1.165) is 17.3 Å². The molecule has 0 fully saturated rings. The summed E-state index contributed by atoms with van der Waals surface area (Å²) >= 11 is 10.8. The first-order chi connectivity index (χ1) is 19.3. The van der Waals surface area contributed by atoms with Crippen LogP contribution < -0.4 is 9.47 Å². The Balaban J connectivity index is 1.68. The first-order valence-corrected chi connectivity index (χ1v) is 14.3. The van der Waals surface area contributed by atoms with Crippen molar-refractivity contribution < 1.29 is 28.9 Å². The molecule has 1 amide bonds. The fraction of sp³-hybridized carbons (Fsp3) is 0.167. The third-order valence-corrected chi connectivity index (χ3v) is 7.53. The van der Waals surface area contributed by atoms with Crippen LogP contribution in [0.4, 0.5) is 0 Å². The summed E-state index contributed by atoms with van der Waals surface area (Å²) in [5.74, 6) is -0.668. The first kappa shape index (κ1) is 29.5. The molecule has 0 aliphatic carbocycles. The molecular formula is C30H25BrClNO6S. The van der Waals surface area contributed by atoms with E-state index in [4.69, 9.17) is 25.8 Å². The Morgan fingerprint density at radius 3 is 2.45 bits per heavy atom. The summed E-state index contributed by atoms with van der Waals surface area (Å²) in [6.07, 6.45) is 1.67. The normalized spacial score (nSPS) is 15.0. The van der Waals surface area contributed by atoms with Crippen molar-refractivity contribution >= 4 is 62.3 Å². The summed E-state index contributed by atoms with van der Waals surface area (Å²) in [6.45, 7) is 4.23. The summed E-state index contributed by atoms with van der Waals surface area (Å²) < 4.78 is 17.6. The van der Waals surface area contributed by atoms with Crippen LogP contribution in [0.5, 0.6) is 11.5 Å². The maximum atomic E-state index is 12.8. The second-order valence-corrected chi connectivity index (χ2v) is 10.6. The number of carbonyl (C=O) groups excluding carboxylic acids is 2. The molecule has 1 aliphatic rings. The summed E-state index contributed by atoms with van der Waals surface area (Å²) in [5, 5.41) is 11.7. The van der Waals surface area contributed by atoms with Gasteiger partial charge in [0.15, 0.2) is 11.5 Å². The lowest BCUT2D eigenvalue weighted by molar-refractivity contribution is -0.138. The number of benzene rings is 3. The van der Waals surface area contributed by atoms with Crippen LogP contribution in [-0.4, -0.2) is 35.2 Å². The maximum Gasteiger partial charge on any atom is 0.344 e. The van der Waals surface area contributed by atoms with Gasteiger partial charge in [-0.3, -0.25) is 4.79 Å². The standard InChI is InChI=1S/C30H25BrClNO6S/c1-3-37-23-15-18(14-21(31)27(23)39-17-20-12-8-9-13-22(20)32)16-24-26(34)25(30(36)38-4-2)29(40-24)33-28(35)19-10-6-5-7-11-19/h5-16,34H,3-4,17H2,1-2H3/b24-16-,33-29?. The highest BCUT2D eigenvalue weighted by Crippen LogP contribution is 2.42. The molecule has 0 aromatic heterocycles. The Labute approximate surface area is 249 Å². The number of amides is 1. The van der Waals surface area contributed by atoms with Crippen LogP contribution in [0.25, 0.3) is 6.08 Å². The van der Waals surface area contributed by atoms with Crippen LogP contribution in [0.15, 0.2) is 92.4 Å². The SMILES string of the molecule is CCOC(=O)C1=C(O)/C(=C/c2cc(Br)c(OCc3ccccc3Cl)c(OCC)c2)SC1=NC(=O)c1ccccc1. The van der Waals surface area contributed by atoms with Crippen molar-refractivity contribution in [1.29, 1.82) is 0 Å². The second-order valence-electron chi connectivity index (χ2n) is 8.29. The molecule has 1 aliphatic heterocycles. The van der Waals surface area contributed by atoms with Gasteiger partial charge in [0.05, 0.1) is 22.6 Å². The van der Waals surface area contributed by atoms with Crippen molar-refractivity contribution in [3.8, 4) is 11.5 Å². The first-order valence-electron chi connectivity index (χ1n) is 12.3. The van der Waals surface area contributed by atoms with E-state index in [0.29, 0.717) is 43.6 Å². The summed E-state index contributed by atoms with van der Waals surface area (Å²) in [4.78, 5) is 29.9. The molecule has 1 heterocycles. The van der Waals surface area contributed by atoms with Crippen LogP contribution >= 0.6 is 39.3 Å². The highest BCUT2D eigenvalue weighted by molar-refractivity contribution is 9.10. The molecular weight excluding hydrogens is 618 g/mol. The average molecular weight is 643 g/mol. The van der Waals surface area contributed by atoms with Gasteiger partial charge in [-0.2, -0.15) is 0 Å². The third-order valence-electron chi connectivity index (χ3n) is 5.55. The minimum Gasteiger partial charge on any atom is -0.506 e. The monoisotopic (exact) mass is 641 g/mol. The molecule has 3 aromatic carbocycles. The molecule has 0 saturated carbocycles. The number of aliphatic hydroxyl groups is 1. The van der Waals surface area contributed by atoms with Crippen LogP contribution in [0, 0.1) is 0 Å². The molecule has 206 valence electrons. The van der Waals surface area contributed by atoms with E-state index in [9.17, 15) is 14.7 Å². The number of thioether (sulfide) groups is 1. The topological polar surface area (TPSA) is 94.4 Å². The quantitative estimate of drug-likeness (QED) is 0.238. The summed E-state index contributed by atoms with van der Waals surface area (Å²) in [5.41, 5.74) is 1.67. The van der Waals surface area contributed by atoms with Crippen molar-refractivity contribution in [3.63, 3.8) is 0 Å². The zero-order chi connectivity index (χ0) is 28.6. The van der Waals surface area contributed by atoms with Crippen LogP contribution in [0.2, 0.25) is 5.02 Å². The molecule has 0 bridgehead atoms. The lowest BCUT2D eigenvalue weighted by Crippen LogP contribution is -2.14. The van der Waals surface area contributed by atoms with Gasteiger partial charge in [-0.05, 0) is 71.7 Å². The van der Waals surface area contributed by atoms with Gasteiger partial charge in [0.2, 0.25) is 0 Å². The van der Waals surface area contributed by atoms with Gasteiger partial charge in [0, 0.05) is 16.1 Å². The predicted octanol–water partition coefficient (Wildman–Crippen LogP) is 7.78. The molecule has 7 nitrogen and oxygen atoms in total. The molecule has 3 aromatic rings. The van der Waals surface area contributed by atoms with Crippen molar-refractivity contribution in [2.45, 2.75) is 20.5 Å². The van der Waals surface area contributed by atoms with Crippen molar-refractivity contribution in [2.24, 2.45) is 4.99 Å². The van der Waals surface area contributed by atoms with Crippen molar-refractivity contribution in [2.75, 3.05) is 13.2 Å². The Kier molecular flexibility index (Phi) is 10.1. The number of hydrogen-bond donors (Lipinski definition) is 1. The number of halogens is 2. The van der Waals surface area contributed by atoms with Gasteiger partial charge in [0.25, 0.3) is 5.91 Å². The molecule has 0 atom stereocenters. The minimum absolute atomic E-state index is 0.0554. The van der Waals surface area contributed by atoms with Crippen LogP contribution in [0.3, 0.4) is 0 Å². The van der Waals surface area contributed by atoms with Crippen LogP contribution in [0.1, 0.15) is 35.3 Å². The number of nitrogens with zero attached hydrogens (tertiary/aromatic N) is 1. The van der Waals surface area contributed by atoms with Crippen LogP contribution in [-0.2, 0) is 16.1 Å². The van der Waals surface area contributed by atoms with E-state index in [1.54, 1.807) is 61.5 Å². The maximum absolute atomic E-state index is 12.8. The largest absolute Gasteiger partial charge is 0.506 e. The minimum atomic E-state index is -0.769. The lowest BCUT2D eigenvalue weighted by atomic mass is 10.1. The van der Waals surface area contributed by atoms with E-state index in [-0.39, 0.29) is 29.6 Å². The molecule has 0 unspecified atom stereocenters. The van der Waals surface area contributed by atoms with Gasteiger partial charge in [-0.15, -0.1) is 0 Å². The number of esters is 1. The molecule has 0 saturated heterocycles. The number of hydrogen-bond acceptors (Lipinski definition) is 7. The molecule has 0 spiro atoms. The fourth-order valence-electron chi connectivity index (χ4n) is 3.72. The van der Waals surface area contributed by atoms with Gasteiger partial charge in [0.1, 0.15) is 23.0 Å². The highest BCUT2D eigenvalue weighted by atomic mass is 79.9. The Bertz CT molecular complexity index is 1520. The Morgan fingerprint density at radius 2 is 1.75 bits per heavy atom. The lowest BCUT2D eigenvalue weighted by Gasteiger charge is -2.15. The van der Waals surface area contributed by atoms with E-state index in [1.807, 2.05) is 25.1 Å².